The predicted octanol–water partition coefficient (Wildman–Crippen LogP) is 3.03. The maximum atomic E-state index is 13.1. The molecule has 2 aliphatic rings. The Morgan fingerprint density at radius 1 is 1.11 bits per heavy atom. The number of non-ortho nitro benzene ring substituents is 1. The monoisotopic (exact) mass is 369 g/mol. The molecule has 0 unspecified atom stereocenters. The van der Waals surface area contributed by atoms with Crippen molar-refractivity contribution in [2.24, 2.45) is 0 Å². The number of ether oxygens (including phenoxy) is 1. The Bertz CT molecular complexity index is 975. The molecule has 2 aromatic rings. The van der Waals surface area contributed by atoms with E-state index in [1.807, 2.05) is 12.1 Å². The molecule has 2 bridgehead atoms. The van der Waals surface area contributed by atoms with Crippen molar-refractivity contribution < 1.29 is 19.4 Å². The highest BCUT2D eigenvalue weighted by Crippen LogP contribution is 2.49. The summed E-state index contributed by atoms with van der Waals surface area (Å²) in [6.45, 7) is 0. The van der Waals surface area contributed by atoms with Crippen molar-refractivity contribution in [2.75, 3.05) is 12.0 Å². The number of nitrogens with zero attached hydrogens (tertiary/aromatic N) is 3. The molecule has 0 amide bonds. The fraction of sp³-hybridized carbons (Fsp3) is 0.278. The van der Waals surface area contributed by atoms with Crippen molar-refractivity contribution in [3.63, 3.8) is 0 Å². The molecule has 9 nitrogen and oxygen atoms in total. The number of nitro benzene ring substituents is 2. The van der Waals surface area contributed by atoms with Gasteiger partial charge in [-0.15, -0.1) is 0 Å². The topological polar surface area (TPSA) is 116 Å². The molecule has 2 aromatic carbocycles. The Morgan fingerprint density at radius 2 is 1.85 bits per heavy atom. The molecule has 1 fully saturated rings. The summed E-state index contributed by atoms with van der Waals surface area (Å²) in [5.41, 5.74) is 0.787. The van der Waals surface area contributed by atoms with Crippen molar-refractivity contribution >= 4 is 22.8 Å². The fourth-order valence-electron chi connectivity index (χ4n) is 4.11. The number of anilines is 1. The third-order valence-corrected chi connectivity index (χ3v) is 5.24. The van der Waals surface area contributed by atoms with Gasteiger partial charge in [-0.2, -0.15) is 0 Å². The van der Waals surface area contributed by atoms with Gasteiger partial charge in [-0.1, -0.05) is 24.3 Å². The Kier molecular flexibility index (Phi) is 3.88. The summed E-state index contributed by atoms with van der Waals surface area (Å²) in [7, 11) is 1.51. The van der Waals surface area contributed by atoms with Crippen LogP contribution in [0.15, 0.2) is 42.5 Å². The van der Waals surface area contributed by atoms with Crippen molar-refractivity contribution in [1.82, 2.24) is 0 Å². The summed E-state index contributed by atoms with van der Waals surface area (Å²) in [4.78, 5) is 36.0. The maximum Gasteiger partial charge on any atom is 0.299 e. The molecule has 0 aliphatic carbocycles. The summed E-state index contributed by atoms with van der Waals surface area (Å²) in [5.74, 6) is -0.168. The summed E-state index contributed by atoms with van der Waals surface area (Å²) in [6.07, 6.45) is 0.0719. The maximum absolute atomic E-state index is 13.1. The van der Waals surface area contributed by atoms with Crippen LogP contribution in [0.5, 0.6) is 0 Å². The molecule has 0 N–H and O–H groups in total. The first kappa shape index (κ1) is 17.1. The third kappa shape index (κ3) is 2.47. The molecule has 2 aliphatic heterocycles. The van der Waals surface area contributed by atoms with Crippen LogP contribution in [0, 0.1) is 20.2 Å². The van der Waals surface area contributed by atoms with E-state index in [2.05, 4.69) is 0 Å². The summed E-state index contributed by atoms with van der Waals surface area (Å²) in [6, 6.07) is 9.67. The van der Waals surface area contributed by atoms with E-state index < -0.39 is 27.7 Å². The summed E-state index contributed by atoms with van der Waals surface area (Å²) < 4.78 is 5.50. The Morgan fingerprint density at radius 3 is 2.52 bits per heavy atom. The first-order valence-corrected chi connectivity index (χ1v) is 8.31. The van der Waals surface area contributed by atoms with Crippen LogP contribution in [-0.4, -0.2) is 34.9 Å². The SMILES string of the molecule is CO[C@H]1C[C@H]2c3ccccc3C(=O)[C@@H]1N2c1ccc([N+](=O)[O-])cc1[N+](=O)[O-]. The number of ketones is 1. The molecular weight excluding hydrogens is 354 g/mol. The first-order valence-electron chi connectivity index (χ1n) is 8.31. The van der Waals surface area contributed by atoms with Gasteiger partial charge in [0.05, 0.1) is 28.1 Å². The van der Waals surface area contributed by atoms with Crippen LogP contribution in [0.2, 0.25) is 0 Å². The number of fused-ring (bicyclic) bond motifs is 4. The second-order valence-corrected chi connectivity index (χ2v) is 6.52. The van der Waals surface area contributed by atoms with Crippen LogP contribution in [-0.2, 0) is 4.74 Å². The minimum absolute atomic E-state index is 0.168. The van der Waals surface area contributed by atoms with E-state index in [-0.39, 0.29) is 23.2 Å². The largest absolute Gasteiger partial charge is 0.379 e. The quantitative estimate of drug-likeness (QED) is 0.601. The molecular formula is C18H15N3O6. The lowest BCUT2D eigenvalue weighted by atomic mass is 9.91. The normalized spacial score (nSPS) is 23.2. The summed E-state index contributed by atoms with van der Waals surface area (Å²) in [5, 5.41) is 22.6. The van der Waals surface area contributed by atoms with Gasteiger partial charge in [0.2, 0.25) is 0 Å². The lowest BCUT2D eigenvalue weighted by Gasteiger charge is -2.37. The molecule has 0 spiro atoms. The Balaban J connectivity index is 1.91. The van der Waals surface area contributed by atoms with Gasteiger partial charge in [-0.25, -0.2) is 0 Å². The van der Waals surface area contributed by atoms with E-state index in [1.165, 1.54) is 19.2 Å². The highest BCUT2D eigenvalue weighted by molar-refractivity contribution is 6.06. The van der Waals surface area contributed by atoms with Crippen molar-refractivity contribution in [3.8, 4) is 0 Å². The average molecular weight is 369 g/mol. The van der Waals surface area contributed by atoms with Crippen LogP contribution in [0.1, 0.15) is 28.4 Å². The molecule has 0 radical (unpaired) electrons. The predicted molar refractivity (Wildman–Crippen MR) is 94.9 cm³/mol. The summed E-state index contributed by atoms with van der Waals surface area (Å²) >= 11 is 0. The van der Waals surface area contributed by atoms with E-state index >= 15 is 0 Å². The number of nitro groups is 2. The third-order valence-electron chi connectivity index (χ3n) is 5.24. The standard InChI is InChI=1S/C18H15N3O6/c1-27-16-9-14-11-4-2-3-5-12(11)18(22)17(16)19(14)13-7-6-10(20(23)24)8-15(13)21(25)26/h2-8,14,16-17H,9H2,1H3/t14-,16-,17+/m0/s1. The smallest absolute Gasteiger partial charge is 0.299 e. The van der Waals surface area contributed by atoms with Crippen molar-refractivity contribution in [2.45, 2.75) is 24.6 Å². The molecule has 9 heteroatoms. The number of rotatable bonds is 4. The molecule has 27 heavy (non-hydrogen) atoms. The number of Topliss-reactive ketones (excluding diaryl/α,β-unsaturated/α-hetero) is 1. The number of benzene rings is 2. The van der Waals surface area contributed by atoms with E-state index in [4.69, 9.17) is 4.74 Å². The van der Waals surface area contributed by atoms with Crippen molar-refractivity contribution in [1.29, 1.82) is 0 Å². The molecule has 0 aromatic heterocycles. The number of hydrogen-bond acceptors (Lipinski definition) is 7. The number of methoxy groups -OCH3 is 1. The van der Waals surface area contributed by atoms with Gasteiger partial charge in [-0.3, -0.25) is 25.0 Å². The highest BCUT2D eigenvalue weighted by atomic mass is 16.6. The van der Waals surface area contributed by atoms with Gasteiger partial charge in [0.25, 0.3) is 11.4 Å². The Labute approximate surface area is 153 Å². The first-order chi connectivity index (χ1) is 12.9. The lowest BCUT2D eigenvalue weighted by Crippen LogP contribution is -2.46. The van der Waals surface area contributed by atoms with Crippen molar-refractivity contribution in [3.05, 3.63) is 73.8 Å². The lowest BCUT2D eigenvalue weighted by molar-refractivity contribution is -0.393. The number of carbonyl (C=O) groups excluding carboxylic acids is 1. The van der Waals surface area contributed by atoms with Crippen LogP contribution in [0.4, 0.5) is 17.1 Å². The zero-order valence-corrected chi connectivity index (χ0v) is 14.3. The minimum Gasteiger partial charge on any atom is -0.379 e. The highest BCUT2D eigenvalue weighted by Gasteiger charge is 2.52. The van der Waals surface area contributed by atoms with Gasteiger partial charge in [0.15, 0.2) is 5.78 Å². The molecule has 4 rings (SSSR count). The van der Waals surface area contributed by atoms with Gasteiger partial charge in [0.1, 0.15) is 11.7 Å². The second kappa shape index (κ2) is 6.13. The van der Waals surface area contributed by atoms with Gasteiger partial charge in [-0.05, 0) is 11.6 Å². The average Bonchev–Trinajstić information content (AvgIpc) is 3.00. The molecule has 0 saturated carbocycles. The van der Waals surface area contributed by atoms with Gasteiger partial charge < -0.3 is 9.64 Å². The number of carbonyl (C=O) groups is 1. The second-order valence-electron chi connectivity index (χ2n) is 6.52. The molecule has 138 valence electrons. The molecule has 2 heterocycles. The van der Waals surface area contributed by atoms with E-state index in [9.17, 15) is 25.0 Å². The fourth-order valence-corrected chi connectivity index (χ4v) is 4.11. The zero-order chi connectivity index (χ0) is 19.3. The van der Waals surface area contributed by atoms with E-state index in [0.717, 1.165) is 11.6 Å². The number of hydrogen-bond donors (Lipinski definition) is 0. The van der Waals surface area contributed by atoms with E-state index in [1.54, 1.807) is 17.0 Å². The minimum atomic E-state index is -0.713. The van der Waals surface area contributed by atoms with Gasteiger partial charge in [0, 0.05) is 25.2 Å². The van der Waals surface area contributed by atoms with Crippen LogP contribution >= 0.6 is 0 Å². The Hall–Kier alpha value is -3.33. The van der Waals surface area contributed by atoms with Crippen LogP contribution in [0.3, 0.4) is 0 Å². The van der Waals surface area contributed by atoms with Crippen LogP contribution in [0.25, 0.3) is 0 Å². The molecule has 1 saturated heterocycles. The van der Waals surface area contributed by atoms with Gasteiger partial charge >= 0.3 is 0 Å². The van der Waals surface area contributed by atoms with Crippen LogP contribution < -0.4 is 4.90 Å². The zero-order valence-electron chi connectivity index (χ0n) is 14.3. The van der Waals surface area contributed by atoms with E-state index in [0.29, 0.717) is 12.0 Å². The molecule has 3 atom stereocenters.